The first-order valence-electron chi connectivity index (χ1n) is 14.5. The number of nitrogens with zero attached hydrogens (tertiary/aromatic N) is 6. The van der Waals surface area contributed by atoms with Crippen LogP contribution in [0.4, 0.5) is 14.6 Å². The van der Waals surface area contributed by atoms with Crippen LogP contribution in [0.1, 0.15) is 49.7 Å². The Hall–Kier alpha value is -3.23. The second-order valence-corrected chi connectivity index (χ2v) is 12.1. The molecule has 3 unspecified atom stereocenters. The fraction of sp³-hybridized carbons (Fsp3) is 0.467. The first kappa shape index (κ1) is 29.8. The van der Waals surface area contributed by atoms with Gasteiger partial charge >= 0.3 is 0 Å². The maximum absolute atomic E-state index is 14.2. The maximum Gasteiger partial charge on any atom is 0.191 e. The summed E-state index contributed by atoms with van der Waals surface area (Å²) in [6.07, 6.45) is 0.0717. The van der Waals surface area contributed by atoms with Gasteiger partial charge in [-0.3, -0.25) is 0 Å². The summed E-state index contributed by atoms with van der Waals surface area (Å²) in [6.45, 7) is 2.36. The minimum atomic E-state index is -1.83. The number of hydrogen-bond acceptors (Lipinski definition) is 10. The van der Waals surface area contributed by atoms with Gasteiger partial charge in [-0.25, -0.2) is 18.7 Å². The Kier molecular flexibility index (Phi) is 8.60. The van der Waals surface area contributed by atoms with E-state index in [4.69, 9.17) is 19.8 Å². The Morgan fingerprint density at radius 1 is 1.14 bits per heavy atom. The molecule has 2 aromatic heterocycles. The molecule has 0 amide bonds. The third-order valence-electron chi connectivity index (χ3n) is 8.11. The standard InChI is InChI=1S/C30H34F2N6O4S/c1-2-14-43-29-33-27(25-28(34-29)38(36-35-25)30(41)11-10-24(26(30)40)42-13-12-39)37(17-18-6-4-3-5-7-18)23-16-20(23)19-8-9-21(31)22(32)15-19/h3-9,15,20,23-24,26,39-41H,2,10-14,16-17H2,1H3/t20-,23?,24-,26?,30?/m0/s1. The zero-order valence-corrected chi connectivity index (χ0v) is 24.5. The Balaban J connectivity index is 1.43. The van der Waals surface area contributed by atoms with Gasteiger partial charge < -0.3 is 25.0 Å². The molecule has 228 valence electrons. The second kappa shape index (κ2) is 12.4. The summed E-state index contributed by atoms with van der Waals surface area (Å²) >= 11 is 1.47. The first-order valence-corrected chi connectivity index (χ1v) is 15.5. The number of aliphatic hydroxyl groups excluding tert-OH is 2. The van der Waals surface area contributed by atoms with Gasteiger partial charge in [0.15, 0.2) is 39.5 Å². The van der Waals surface area contributed by atoms with Crippen molar-refractivity contribution in [3.8, 4) is 0 Å². The quantitative estimate of drug-likeness (QED) is 0.161. The van der Waals surface area contributed by atoms with E-state index in [-0.39, 0.29) is 37.2 Å². The number of fused-ring (bicyclic) bond motifs is 1. The highest BCUT2D eigenvalue weighted by atomic mass is 32.2. The third kappa shape index (κ3) is 5.84. The summed E-state index contributed by atoms with van der Waals surface area (Å²) in [4.78, 5) is 11.8. The summed E-state index contributed by atoms with van der Waals surface area (Å²) in [7, 11) is 0. The van der Waals surface area contributed by atoms with Crippen LogP contribution in [0, 0.1) is 11.6 Å². The molecule has 0 bridgehead atoms. The van der Waals surface area contributed by atoms with E-state index in [1.807, 2.05) is 30.3 Å². The van der Waals surface area contributed by atoms with Crippen molar-refractivity contribution in [1.29, 1.82) is 0 Å². The van der Waals surface area contributed by atoms with Crippen molar-refractivity contribution < 1.29 is 28.8 Å². The largest absolute Gasteiger partial charge is 0.394 e. The van der Waals surface area contributed by atoms with Crippen LogP contribution in [-0.4, -0.2) is 77.5 Å². The number of aliphatic hydroxyl groups is 3. The van der Waals surface area contributed by atoms with Gasteiger partial charge in [-0.05, 0) is 42.5 Å². The fourth-order valence-corrected chi connectivity index (χ4v) is 6.51. The van der Waals surface area contributed by atoms with Crippen LogP contribution >= 0.6 is 11.8 Å². The van der Waals surface area contributed by atoms with Crippen LogP contribution in [-0.2, 0) is 17.0 Å². The maximum atomic E-state index is 14.2. The number of aromatic nitrogens is 5. The van der Waals surface area contributed by atoms with Crippen molar-refractivity contribution in [3.05, 3.63) is 71.3 Å². The van der Waals surface area contributed by atoms with Gasteiger partial charge in [0.25, 0.3) is 0 Å². The van der Waals surface area contributed by atoms with Crippen LogP contribution < -0.4 is 4.90 Å². The van der Waals surface area contributed by atoms with E-state index in [1.54, 1.807) is 6.07 Å². The molecule has 0 saturated heterocycles. The number of hydrogen-bond donors (Lipinski definition) is 3. The molecule has 2 saturated carbocycles. The van der Waals surface area contributed by atoms with Crippen molar-refractivity contribution in [1.82, 2.24) is 25.0 Å². The lowest BCUT2D eigenvalue weighted by atomic mass is 10.1. The number of rotatable bonds is 12. The highest BCUT2D eigenvalue weighted by Crippen LogP contribution is 2.48. The van der Waals surface area contributed by atoms with E-state index in [0.29, 0.717) is 41.4 Å². The third-order valence-corrected chi connectivity index (χ3v) is 9.16. The van der Waals surface area contributed by atoms with Gasteiger partial charge in [-0.15, -0.1) is 5.10 Å². The van der Waals surface area contributed by atoms with Crippen LogP contribution in [0.3, 0.4) is 0 Å². The minimum absolute atomic E-state index is 0.0367. The Bertz CT molecular complexity index is 1580. The van der Waals surface area contributed by atoms with Crippen molar-refractivity contribution >= 4 is 28.7 Å². The molecule has 2 aliphatic rings. The van der Waals surface area contributed by atoms with Crippen molar-refractivity contribution in [3.63, 3.8) is 0 Å². The van der Waals surface area contributed by atoms with Crippen LogP contribution in [0.25, 0.3) is 11.2 Å². The molecule has 2 aromatic carbocycles. The predicted octanol–water partition coefficient (Wildman–Crippen LogP) is 3.74. The molecule has 5 atom stereocenters. The monoisotopic (exact) mass is 612 g/mol. The fourth-order valence-electron chi connectivity index (χ4n) is 5.82. The van der Waals surface area contributed by atoms with E-state index in [9.17, 15) is 19.0 Å². The number of thioether (sulfide) groups is 1. The highest BCUT2D eigenvalue weighted by Gasteiger charge is 2.51. The van der Waals surface area contributed by atoms with E-state index in [1.165, 1.54) is 22.5 Å². The minimum Gasteiger partial charge on any atom is -0.394 e. The molecular weight excluding hydrogens is 578 g/mol. The molecule has 4 aromatic rings. The van der Waals surface area contributed by atoms with Gasteiger partial charge in [-0.2, -0.15) is 4.68 Å². The van der Waals surface area contributed by atoms with Crippen molar-refractivity contribution in [2.24, 2.45) is 0 Å². The molecule has 43 heavy (non-hydrogen) atoms. The van der Waals surface area contributed by atoms with E-state index >= 15 is 0 Å². The Morgan fingerprint density at radius 3 is 2.70 bits per heavy atom. The molecule has 2 aliphatic carbocycles. The molecule has 2 fully saturated rings. The van der Waals surface area contributed by atoms with Crippen molar-refractivity contribution in [2.45, 2.75) is 74.2 Å². The van der Waals surface area contributed by atoms with Crippen molar-refractivity contribution in [2.75, 3.05) is 23.9 Å². The molecule has 10 nitrogen and oxygen atoms in total. The average Bonchev–Trinajstić information content (AvgIpc) is 3.60. The van der Waals surface area contributed by atoms with Gasteiger partial charge in [-0.1, -0.05) is 60.3 Å². The Morgan fingerprint density at radius 2 is 1.95 bits per heavy atom. The lowest BCUT2D eigenvalue weighted by molar-refractivity contribution is -0.154. The van der Waals surface area contributed by atoms with Gasteiger partial charge in [0, 0.05) is 30.7 Å². The Labute approximate surface area is 251 Å². The molecule has 0 spiro atoms. The van der Waals surface area contributed by atoms with Gasteiger partial charge in [0.1, 0.15) is 6.10 Å². The topological polar surface area (TPSA) is 130 Å². The van der Waals surface area contributed by atoms with Crippen LogP contribution in [0.5, 0.6) is 0 Å². The molecular formula is C30H34F2N6O4S. The number of anilines is 1. The summed E-state index contributed by atoms with van der Waals surface area (Å²) in [5.74, 6) is -0.553. The lowest BCUT2D eigenvalue weighted by Crippen LogP contribution is -2.46. The van der Waals surface area contributed by atoms with Gasteiger partial charge in [0.05, 0.1) is 19.3 Å². The second-order valence-electron chi connectivity index (χ2n) is 11.0. The van der Waals surface area contributed by atoms with Gasteiger partial charge in [0.2, 0.25) is 0 Å². The smallest absolute Gasteiger partial charge is 0.191 e. The number of halogens is 2. The average molecular weight is 613 g/mol. The lowest BCUT2D eigenvalue weighted by Gasteiger charge is -2.29. The van der Waals surface area contributed by atoms with Crippen LogP contribution in [0.2, 0.25) is 0 Å². The molecule has 13 heteroatoms. The summed E-state index contributed by atoms with van der Waals surface area (Å²) < 4.78 is 34.7. The predicted molar refractivity (Wildman–Crippen MR) is 157 cm³/mol. The van der Waals surface area contributed by atoms with E-state index in [2.05, 4.69) is 22.1 Å². The number of ether oxygens (including phenoxy) is 1. The van der Waals surface area contributed by atoms with Crippen LogP contribution in [0.15, 0.2) is 53.7 Å². The zero-order chi connectivity index (χ0) is 30.1. The summed E-state index contributed by atoms with van der Waals surface area (Å²) in [6, 6.07) is 13.8. The highest BCUT2D eigenvalue weighted by molar-refractivity contribution is 7.99. The zero-order valence-electron chi connectivity index (χ0n) is 23.7. The molecule has 2 heterocycles. The molecule has 0 radical (unpaired) electrons. The van der Waals surface area contributed by atoms with E-state index in [0.717, 1.165) is 23.8 Å². The molecule has 6 rings (SSSR count). The summed E-state index contributed by atoms with van der Waals surface area (Å²) in [5.41, 5.74) is 0.526. The summed E-state index contributed by atoms with van der Waals surface area (Å²) in [5, 5.41) is 41.1. The SMILES string of the molecule is CCCSc1nc(N(Cc2ccccc2)C2C[C@H]2c2ccc(F)c(F)c2)c2nnn(C3(O)CC[C@H](OCCO)C3O)c2n1. The van der Waals surface area contributed by atoms with E-state index < -0.39 is 29.6 Å². The normalized spacial score (nSPS) is 25.0. The molecule has 3 N–H and O–H groups in total. The first-order chi connectivity index (χ1) is 20.8. The number of benzene rings is 2. The molecule has 0 aliphatic heterocycles.